The monoisotopic (exact) mass is 519 g/mol. The minimum absolute atomic E-state index is 0. The van der Waals surface area contributed by atoms with Gasteiger partial charge in [-0.1, -0.05) is 6.58 Å². The number of fused-ring (bicyclic) bond motifs is 1. The van der Waals surface area contributed by atoms with Crippen LogP contribution in [0, 0.1) is 5.82 Å². The summed E-state index contributed by atoms with van der Waals surface area (Å²) in [5, 5.41) is 5.19. The van der Waals surface area contributed by atoms with Gasteiger partial charge in [-0.05, 0) is 46.8 Å². The molecule has 0 aliphatic carbocycles. The number of hydrogen-bond donors (Lipinski definition) is 2. The van der Waals surface area contributed by atoms with Crippen LogP contribution in [0.5, 0.6) is 0 Å². The SMILES string of the molecule is C=C(N=C(OC)C(C)(C)S(C)(=O)=O)c1cc2c(cc1F)SC[C@H](NC(=O)OC(C)(C)C)C(=O)N2.[HH].[HH]. The molecule has 0 unspecified atom stereocenters. The molecule has 1 aliphatic rings. The Morgan fingerprint density at radius 1 is 1.32 bits per heavy atom. The zero-order chi connectivity index (χ0) is 26.1. The van der Waals surface area contributed by atoms with Gasteiger partial charge in [0.25, 0.3) is 0 Å². The smallest absolute Gasteiger partial charge is 0.408 e. The summed E-state index contributed by atoms with van der Waals surface area (Å²) in [6.07, 6.45) is 0.302. The molecule has 1 aromatic rings. The topological polar surface area (TPSA) is 123 Å². The number of methoxy groups -OCH3 is 1. The van der Waals surface area contributed by atoms with E-state index in [4.69, 9.17) is 9.47 Å². The zero-order valence-electron chi connectivity index (χ0n) is 20.2. The van der Waals surface area contributed by atoms with Crippen LogP contribution < -0.4 is 10.6 Å². The highest BCUT2D eigenvalue weighted by Gasteiger charge is 2.38. The van der Waals surface area contributed by atoms with Gasteiger partial charge in [0, 0.05) is 25.3 Å². The number of alkyl carbamates (subject to hydrolysis) is 1. The van der Waals surface area contributed by atoms with Crippen molar-refractivity contribution in [1.82, 2.24) is 5.32 Å². The molecule has 0 bridgehead atoms. The molecule has 12 heteroatoms. The number of nitrogens with one attached hydrogen (secondary N) is 2. The molecule has 0 saturated heterocycles. The Bertz CT molecular complexity index is 1150. The molecule has 192 valence electrons. The molecule has 0 saturated carbocycles. The summed E-state index contributed by atoms with van der Waals surface area (Å²) < 4.78 is 48.1. The molecule has 2 N–H and O–H groups in total. The van der Waals surface area contributed by atoms with Crippen molar-refractivity contribution in [3.05, 3.63) is 30.1 Å². The molecule has 0 fully saturated rings. The number of halogens is 1. The van der Waals surface area contributed by atoms with Crippen LogP contribution in [0.15, 0.2) is 28.6 Å². The molecule has 1 aliphatic heterocycles. The fraction of sp³-hybridized carbons (Fsp3) is 0.500. The Morgan fingerprint density at radius 3 is 2.47 bits per heavy atom. The maximum Gasteiger partial charge on any atom is 0.408 e. The highest BCUT2D eigenvalue weighted by molar-refractivity contribution is 7.99. The van der Waals surface area contributed by atoms with E-state index in [0.29, 0.717) is 10.6 Å². The second-order valence-corrected chi connectivity index (χ2v) is 12.8. The Labute approximate surface area is 206 Å². The number of carbonyl (C=O) groups is 2. The summed E-state index contributed by atoms with van der Waals surface area (Å²) in [6.45, 7) is 11.7. The van der Waals surface area contributed by atoms with Crippen molar-refractivity contribution in [1.29, 1.82) is 0 Å². The van der Waals surface area contributed by atoms with Gasteiger partial charge < -0.3 is 20.1 Å². The first-order valence-electron chi connectivity index (χ1n) is 10.2. The van der Waals surface area contributed by atoms with E-state index >= 15 is 0 Å². The number of nitrogens with zero attached hydrogens (tertiary/aromatic N) is 1. The van der Waals surface area contributed by atoms with Gasteiger partial charge in [0.05, 0.1) is 18.5 Å². The van der Waals surface area contributed by atoms with Crippen LogP contribution in [0.4, 0.5) is 14.9 Å². The first-order valence-corrected chi connectivity index (χ1v) is 13.1. The van der Waals surface area contributed by atoms with Gasteiger partial charge in [0.1, 0.15) is 22.2 Å². The maximum atomic E-state index is 14.9. The third-order valence-electron chi connectivity index (χ3n) is 4.92. The number of carbonyl (C=O) groups excluding carboxylic acids is 2. The summed E-state index contributed by atoms with van der Waals surface area (Å²) in [5.41, 5.74) is -0.553. The van der Waals surface area contributed by atoms with Crippen LogP contribution in [0.2, 0.25) is 0 Å². The van der Waals surface area contributed by atoms with Crippen molar-refractivity contribution in [3.8, 4) is 0 Å². The van der Waals surface area contributed by atoms with Gasteiger partial charge in [0.2, 0.25) is 11.8 Å². The van der Waals surface area contributed by atoms with Crippen LogP contribution in [0.25, 0.3) is 5.70 Å². The lowest BCUT2D eigenvalue weighted by Gasteiger charge is -2.23. The molecule has 0 aromatic heterocycles. The minimum atomic E-state index is -3.60. The number of aliphatic imine (C=N–C) groups is 1. The lowest BCUT2D eigenvalue weighted by Crippen LogP contribution is -2.46. The van der Waals surface area contributed by atoms with Crippen LogP contribution in [-0.2, 0) is 24.1 Å². The van der Waals surface area contributed by atoms with Crippen molar-refractivity contribution in [2.45, 2.75) is 55.9 Å². The lowest BCUT2D eigenvalue weighted by atomic mass is 10.1. The van der Waals surface area contributed by atoms with Gasteiger partial charge in [0.15, 0.2) is 9.84 Å². The average Bonchev–Trinajstić information content (AvgIpc) is 2.81. The van der Waals surface area contributed by atoms with E-state index in [1.807, 2.05) is 0 Å². The number of thioether (sulfide) groups is 1. The fourth-order valence-electron chi connectivity index (χ4n) is 2.79. The molecule has 0 radical (unpaired) electrons. The summed E-state index contributed by atoms with van der Waals surface area (Å²) >= 11 is 1.18. The van der Waals surface area contributed by atoms with E-state index in [1.54, 1.807) is 20.8 Å². The Hall–Kier alpha value is -2.60. The molecular formula is C22H34FN3O6S2. The van der Waals surface area contributed by atoms with Gasteiger partial charge in [-0.15, -0.1) is 11.8 Å². The number of sulfone groups is 1. The molecule has 2 rings (SSSR count). The van der Waals surface area contributed by atoms with E-state index < -0.39 is 44.0 Å². The number of rotatable bonds is 5. The first-order chi connectivity index (χ1) is 15.5. The van der Waals surface area contributed by atoms with Crippen molar-refractivity contribution >= 4 is 50.9 Å². The van der Waals surface area contributed by atoms with Crippen molar-refractivity contribution in [2.24, 2.45) is 4.99 Å². The van der Waals surface area contributed by atoms with Crippen molar-refractivity contribution in [2.75, 3.05) is 24.4 Å². The van der Waals surface area contributed by atoms with Gasteiger partial charge in [-0.2, -0.15) is 0 Å². The molecule has 1 heterocycles. The van der Waals surface area contributed by atoms with Crippen LogP contribution in [0.3, 0.4) is 0 Å². The maximum absolute atomic E-state index is 14.9. The summed E-state index contributed by atoms with van der Waals surface area (Å²) in [7, 11) is -2.34. The molecular weight excluding hydrogens is 485 g/mol. The Kier molecular flexibility index (Phi) is 8.09. The normalized spacial score (nSPS) is 17.2. The molecule has 1 aromatic carbocycles. The highest BCUT2D eigenvalue weighted by atomic mass is 32.2. The number of ether oxygens (including phenoxy) is 2. The molecule has 34 heavy (non-hydrogen) atoms. The van der Waals surface area contributed by atoms with Crippen molar-refractivity contribution < 1.29 is 34.7 Å². The van der Waals surface area contributed by atoms with Crippen LogP contribution in [0.1, 0.15) is 43.0 Å². The third-order valence-corrected chi connectivity index (χ3v) is 8.10. The average molecular weight is 520 g/mol. The lowest BCUT2D eigenvalue weighted by molar-refractivity contribution is -0.117. The van der Waals surface area contributed by atoms with Gasteiger partial charge in [-0.3, -0.25) is 4.79 Å². The summed E-state index contributed by atoms with van der Waals surface area (Å²) in [5.74, 6) is -1.17. The highest BCUT2D eigenvalue weighted by Crippen LogP contribution is 2.35. The van der Waals surface area contributed by atoms with Crippen LogP contribution in [-0.4, -0.2) is 61.8 Å². The quantitative estimate of drug-likeness (QED) is 0.444. The number of hydrogen-bond acceptors (Lipinski definition) is 8. The zero-order valence-corrected chi connectivity index (χ0v) is 21.9. The molecule has 0 spiro atoms. The van der Waals surface area contributed by atoms with Gasteiger partial charge >= 0.3 is 6.09 Å². The van der Waals surface area contributed by atoms with E-state index in [1.165, 1.54) is 44.9 Å². The van der Waals surface area contributed by atoms with Gasteiger partial charge in [-0.25, -0.2) is 22.6 Å². The number of benzene rings is 1. The third kappa shape index (κ3) is 6.50. The second kappa shape index (κ2) is 9.95. The Balaban J connectivity index is 0.00000612. The van der Waals surface area contributed by atoms with E-state index in [9.17, 15) is 22.4 Å². The summed E-state index contributed by atoms with van der Waals surface area (Å²) in [4.78, 5) is 29.3. The summed E-state index contributed by atoms with van der Waals surface area (Å²) in [6, 6.07) is 1.67. The predicted octanol–water partition coefficient (Wildman–Crippen LogP) is 4.09. The number of amides is 2. The fourth-order valence-corrected chi connectivity index (χ4v) is 4.27. The first kappa shape index (κ1) is 27.6. The second-order valence-electron chi connectivity index (χ2n) is 9.18. The van der Waals surface area contributed by atoms with E-state index in [0.717, 1.165) is 6.26 Å². The predicted molar refractivity (Wildman–Crippen MR) is 136 cm³/mol. The van der Waals surface area contributed by atoms with E-state index in [2.05, 4.69) is 22.2 Å². The number of anilines is 1. The van der Waals surface area contributed by atoms with Crippen molar-refractivity contribution in [3.63, 3.8) is 0 Å². The largest absolute Gasteiger partial charge is 0.483 e. The molecule has 1 atom stereocenters. The van der Waals surface area contributed by atoms with E-state index in [-0.39, 0.29) is 25.8 Å². The minimum Gasteiger partial charge on any atom is -0.483 e. The molecule has 2 amide bonds. The molecule has 9 nitrogen and oxygen atoms in total. The Morgan fingerprint density at radius 2 is 1.94 bits per heavy atom. The standard InChI is InChI=1S/C22H30FN3O6S2.2H2/c1-12(24-19(31-7)22(5,6)34(8,29)30)13-9-15-17(10-14(13)23)33-11-16(18(27)25-15)26-20(28)32-21(2,3)4;;/h9-10,16H,1,11H2,2-8H3,(H,25,27)(H,26,28);2*1H/t16-;;/m0../s1. The van der Waals surface area contributed by atoms with Crippen LogP contribution >= 0.6 is 11.8 Å².